The minimum absolute atomic E-state index is 0.0447. The molecule has 2 atom stereocenters. The third kappa shape index (κ3) is 44.8. The first-order valence-corrected chi connectivity index (χ1v) is 24.9. The number of hydrogen-bond acceptors (Lipinski definition) is 8. The molecule has 0 aromatic heterocycles. The van der Waals surface area contributed by atoms with Gasteiger partial charge in [-0.05, 0) is 89.9 Å². The minimum atomic E-state index is -4.39. The molecule has 0 aliphatic heterocycles. The number of carbonyl (C=O) groups excluding carboxylic acids is 2. The Morgan fingerprint density at radius 1 is 0.508 bits per heavy atom. The maximum atomic E-state index is 12.6. The van der Waals surface area contributed by atoms with Gasteiger partial charge in [-0.15, -0.1) is 0 Å². The number of esters is 2. The third-order valence-corrected chi connectivity index (χ3v) is 10.5. The van der Waals surface area contributed by atoms with Gasteiger partial charge in [-0.3, -0.25) is 18.6 Å². The summed E-state index contributed by atoms with van der Waals surface area (Å²) in [5.41, 5.74) is 5.35. The lowest BCUT2D eigenvalue weighted by Crippen LogP contribution is -2.29. The molecule has 0 aliphatic rings. The molecule has 0 aliphatic carbocycles. The van der Waals surface area contributed by atoms with Crippen molar-refractivity contribution < 1.29 is 37.6 Å². The van der Waals surface area contributed by atoms with Crippen LogP contribution in [0, 0.1) is 0 Å². The first-order valence-electron chi connectivity index (χ1n) is 23.4. The molecule has 10 heteroatoms. The molecule has 0 spiro atoms. The highest BCUT2D eigenvalue weighted by atomic mass is 31.2. The standard InChI is InChI=1S/C49H86NO8P/c1-3-5-7-9-11-13-15-17-19-21-23-25-27-29-31-33-35-37-39-41-48(51)55-45-47(46-57-59(53,54)56-44-43-50)58-49(52)42-40-38-36-34-32-30-28-26-24-22-20-18-16-14-12-10-8-6-4-2/h11-14,17-20,23,25,29,31,47H,3-10,15-16,21-22,24,26-28,30,32-46,50H2,1-2H3,(H,53,54)/b13-11+,14-12+,19-17+,20-18+,25-23+,31-29+/t47-/m1/s1. The van der Waals surface area contributed by atoms with Crippen molar-refractivity contribution in [2.45, 2.75) is 200 Å². The van der Waals surface area contributed by atoms with Crippen molar-refractivity contribution in [1.82, 2.24) is 0 Å². The SMILES string of the molecule is CCCCC/C=C/C/C=C/C/C=C/C/C=C/CCCCCC(=O)OC[C@H](COP(=O)(O)OCCN)OC(=O)CCCCCCCCCCC/C=C/C/C=C/CCCCC. The Hall–Kier alpha value is -2.55. The van der Waals surface area contributed by atoms with Gasteiger partial charge in [-0.2, -0.15) is 0 Å². The van der Waals surface area contributed by atoms with Crippen LogP contribution in [0.25, 0.3) is 0 Å². The molecule has 0 aromatic carbocycles. The van der Waals surface area contributed by atoms with Crippen LogP contribution in [-0.2, 0) is 32.7 Å². The number of rotatable bonds is 43. The molecular formula is C49H86NO8P. The maximum absolute atomic E-state index is 12.6. The van der Waals surface area contributed by atoms with Crippen LogP contribution >= 0.6 is 7.82 Å². The van der Waals surface area contributed by atoms with Gasteiger partial charge in [0.2, 0.25) is 0 Å². The summed E-state index contributed by atoms with van der Waals surface area (Å²) in [5.74, 6) is -0.872. The zero-order chi connectivity index (χ0) is 43.2. The molecule has 0 fully saturated rings. The van der Waals surface area contributed by atoms with Crippen molar-refractivity contribution in [2.75, 3.05) is 26.4 Å². The number of allylic oxidation sites excluding steroid dienone is 12. The molecular weight excluding hydrogens is 762 g/mol. The Labute approximate surface area is 361 Å². The summed E-state index contributed by atoms with van der Waals surface area (Å²) in [6.45, 7) is 3.64. The fraction of sp³-hybridized carbons (Fsp3) is 0.714. The van der Waals surface area contributed by atoms with Gasteiger partial charge >= 0.3 is 19.8 Å². The van der Waals surface area contributed by atoms with E-state index in [2.05, 4.69) is 86.8 Å². The highest BCUT2D eigenvalue weighted by molar-refractivity contribution is 7.47. The van der Waals surface area contributed by atoms with E-state index in [1.54, 1.807) is 0 Å². The van der Waals surface area contributed by atoms with E-state index in [-0.39, 0.29) is 32.6 Å². The van der Waals surface area contributed by atoms with Crippen LogP contribution in [0.2, 0.25) is 0 Å². The quantitative estimate of drug-likeness (QED) is 0.0266. The summed E-state index contributed by atoms with van der Waals surface area (Å²) in [4.78, 5) is 35.0. The smallest absolute Gasteiger partial charge is 0.462 e. The predicted octanol–water partition coefficient (Wildman–Crippen LogP) is 13.8. The maximum Gasteiger partial charge on any atom is 0.472 e. The minimum Gasteiger partial charge on any atom is -0.462 e. The van der Waals surface area contributed by atoms with Crippen molar-refractivity contribution in [3.05, 3.63) is 72.9 Å². The van der Waals surface area contributed by atoms with Gasteiger partial charge in [0, 0.05) is 19.4 Å². The number of unbranched alkanes of at least 4 members (excludes halogenated alkanes) is 18. The second-order valence-corrected chi connectivity index (χ2v) is 16.7. The van der Waals surface area contributed by atoms with Crippen molar-refractivity contribution in [2.24, 2.45) is 5.73 Å². The van der Waals surface area contributed by atoms with E-state index in [1.165, 1.54) is 83.5 Å². The van der Waals surface area contributed by atoms with Gasteiger partial charge in [-0.25, -0.2) is 4.57 Å². The van der Waals surface area contributed by atoms with E-state index in [0.717, 1.165) is 70.6 Å². The molecule has 0 bridgehead atoms. The first kappa shape index (κ1) is 56.5. The Kier molecular flexibility index (Phi) is 43.0. The highest BCUT2D eigenvalue weighted by Crippen LogP contribution is 2.43. The number of phosphoric acid groups is 1. The molecule has 0 heterocycles. The molecule has 1 unspecified atom stereocenters. The molecule has 0 saturated carbocycles. The van der Waals surface area contributed by atoms with Gasteiger partial charge in [0.05, 0.1) is 13.2 Å². The Balaban J connectivity index is 4.19. The van der Waals surface area contributed by atoms with E-state index >= 15 is 0 Å². The van der Waals surface area contributed by atoms with E-state index in [9.17, 15) is 19.0 Å². The van der Waals surface area contributed by atoms with Gasteiger partial charge < -0.3 is 20.1 Å². The van der Waals surface area contributed by atoms with Crippen molar-refractivity contribution in [1.29, 1.82) is 0 Å². The number of nitrogens with two attached hydrogens (primary N) is 1. The number of phosphoric ester groups is 1. The molecule has 0 amide bonds. The lowest BCUT2D eigenvalue weighted by molar-refractivity contribution is -0.161. The number of ether oxygens (including phenoxy) is 2. The molecule has 9 nitrogen and oxygen atoms in total. The van der Waals surface area contributed by atoms with Gasteiger partial charge in [0.25, 0.3) is 0 Å². The molecule has 0 rings (SSSR count). The number of carbonyl (C=O) groups is 2. The monoisotopic (exact) mass is 848 g/mol. The largest absolute Gasteiger partial charge is 0.472 e. The lowest BCUT2D eigenvalue weighted by atomic mass is 10.1. The average molecular weight is 848 g/mol. The summed E-state index contributed by atoms with van der Waals surface area (Å²) >= 11 is 0. The van der Waals surface area contributed by atoms with Crippen LogP contribution in [0.4, 0.5) is 0 Å². The van der Waals surface area contributed by atoms with Crippen molar-refractivity contribution in [3.8, 4) is 0 Å². The van der Waals surface area contributed by atoms with Crippen LogP contribution in [0.5, 0.6) is 0 Å². The second-order valence-electron chi connectivity index (χ2n) is 15.3. The Morgan fingerprint density at radius 3 is 1.32 bits per heavy atom. The number of hydrogen-bond donors (Lipinski definition) is 2. The topological polar surface area (TPSA) is 134 Å². The normalized spacial score (nSPS) is 13.9. The van der Waals surface area contributed by atoms with E-state index < -0.39 is 32.5 Å². The summed E-state index contributed by atoms with van der Waals surface area (Å²) in [7, 11) is -4.39. The van der Waals surface area contributed by atoms with Gasteiger partial charge in [-0.1, -0.05) is 164 Å². The Morgan fingerprint density at radius 2 is 0.881 bits per heavy atom. The second kappa shape index (κ2) is 45.0. The molecule has 59 heavy (non-hydrogen) atoms. The van der Waals surface area contributed by atoms with Crippen LogP contribution in [-0.4, -0.2) is 49.3 Å². The summed E-state index contributed by atoms with van der Waals surface area (Å²) in [6, 6.07) is 0. The fourth-order valence-corrected chi connectivity index (χ4v) is 6.82. The van der Waals surface area contributed by atoms with Gasteiger partial charge in [0.1, 0.15) is 6.61 Å². The van der Waals surface area contributed by atoms with E-state index in [4.69, 9.17) is 24.3 Å². The summed E-state index contributed by atoms with van der Waals surface area (Å²) < 4.78 is 32.8. The molecule has 0 aromatic rings. The average Bonchev–Trinajstić information content (AvgIpc) is 3.22. The first-order chi connectivity index (χ1) is 28.8. The van der Waals surface area contributed by atoms with E-state index in [1.807, 2.05) is 0 Å². The molecule has 340 valence electrons. The molecule has 3 N–H and O–H groups in total. The Bertz CT molecular complexity index is 1190. The predicted molar refractivity (Wildman–Crippen MR) is 247 cm³/mol. The van der Waals surface area contributed by atoms with Crippen molar-refractivity contribution in [3.63, 3.8) is 0 Å². The fourth-order valence-electron chi connectivity index (χ4n) is 6.06. The molecule has 0 saturated heterocycles. The summed E-state index contributed by atoms with van der Waals surface area (Å²) in [5, 5.41) is 0. The third-order valence-electron chi connectivity index (χ3n) is 9.56. The van der Waals surface area contributed by atoms with E-state index in [0.29, 0.717) is 12.8 Å². The van der Waals surface area contributed by atoms with Crippen LogP contribution in [0.15, 0.2) is 72.9 Å². The van der Waals surface area contributed by atoms with Crippen LogP contribution in [0.1, 0.15) is 194 Å². The van der Waals surface area contributed by atoms with Crippen LogP contribution < -0.4 is 5.73 Å². The summed E-state index contributed by atoms with van der Waals surface area (Å²) in [6.07, 6.45) is 55.0. The van der Waals surface area contributed by atoms with Crippen molar-refractivity contribution >= 4 is 19.8 Å². The highest BCUT2D eigenvalue weighted by Gasteiger charge is 2.26. The van der Waals surface area contributed by atoms with Gasteiger partial charge in [0.15, 0.2) is 6.10 Å². The molecule has 0 radical (unpaired) electrons. The van der Waals surface area contributed by atoms with Crippen LogP contribution in [0.3, 0.4) is 0 Å². The zero-order valence-electron chi connectivity index (χ0n) is 37.5. The lowest BCUT2D eigenvalue weighted by Gasteiger charge is -2.19. The zero-order valence-corrected chi connectivity index (χ0v) is 38.4.